The van der Waals surface area contributed by atoms with E-state index in [0.29, 0.717) is 22.4 Å². The van der Waals surface area contributed by atoms with Gasteiger partial charge in [0, 0.05) is 16.7 Å². The molecule has 0 saturated heterocycles. The van der Waals surface area contributed by atoms with Crippen LogP contribution in [0.4, 0.5) is 17.6 Å². The lowest BCUT2D eigenvalue weighted by molar-refractivity contribution is -0.137. The van der Waals surface area contributed by atoms with E-state index in [-0.39, 0.29) is 27.6 Å². The molecule has 2 aromatic heterocycles. The van der Waals surface area contributed by atoms with Gasteiger partial charge in [0.15, 0.2) is 9.84 Å². The fourth-order valence-corrected chi connectivity index (χ4v) is 5.61. The average Bonchev–Trinajstić information content (AvgIpc) is 3.35. The van der Waals surface area contributed by atoms with Gasteiger partial charge in [-0.05, 0) is 53.9 Å². The number of aryl methyl sites for hydroxylation is 1. The Morgan fingerprint density at radius 1 is 1.00 bits per heavy atom. The molecule has 4 rings (SSSR count). The van der Waals surface area contributed by atoms with E-state index in [4.69, 9.17) is 0 Å². The Bertz CT molecular complexity index is 1730. The van der Waals surface area contributed by atoms with Gasteiger partial charge < -0.3 is 4.57 Å². The highest BCUT2D eigenvalue weighted by Crippen LogP contribution is 2.38. The minimum Gasteiger partial charge on any atom is -0.302 e. The maximum atomic E-state index is 14.8. The maximum Gasteiger partial charge on any atom is 0.417 e. The van der Waals surface area contributed by atoms with Crippen molar-refractivity contribution < 1.29 is 26.0 Å². The summed E-state index contributed by atoms with van der Waals surface area (Å²) in [5.74, 6) is -0.613. The normalized spacial score (nSPS) is 11.9. The van der Waals surface area contributed by atoms with Crippen molar-refractivity contribution in [2.24, 2.45) is 0 Å². The van der Waals surface area contributed by atoms with Crippen molar-refractivity contribution in [2.45, 2.75) is 31.0 Å². The van der Waals surface area contributed by atoms with E-state index in [1.807, 2.05) is 6.92 Å². The molecule has 0 saturated carbocycles. The number of halogens is 4. The summed E-state index contributed by atoms with van der Waals surface area (Å²) < 4.78 is 80.7. The second-order valence-corrected chi connectivity index (χ2v) is 11.7. The van der Waals surface area contributed by atoms with Crippen molar-refractivity contribution in [2.75, 3.05) is 6.26 Å². The molecular formula is C27H20F4N2O3S2. The number of nitrogens with zero attached hydrogens (tertiary/aromatic N) is 2. The molecule has 2 aromatic carbocycles. The summed E-state index contributed by atoms with van der Waals surface area (Å²) in [5.41, 5.74) is -2.32. The highest BCUT2D eigenvalue weighted by molar-refractivity contribution is 7.90. The molecule has 4 aromatic rings. The third-order valence-electron chi connectivity index (χ3n) is 6.00. The molecule has 196 valence electrons. The SMILES string of the molecule is CCc1ccc(Cn2c(-c3ccc(-c4ccc(S(C)(=O)=O)cc4)s3)cc(C(F)(F)F)c(C#N)c2=O)c(F)c1. The first kappa shape index (κ1) is 27.3. The van der Waals surface area contributed by atoms with Crippen LogP contribution < -0.4 is 5.56 Å². The Labute approximate surface area is 220 Å². The molecule has 0 amide bonds. The number of rotatable bonds is 6. The molecule has 0 unspecified atom stereocenters. The largest absolute Gasteiger partial charge is 0.417 e. The summed E-state index contributed by atoms with van der Waals surface area (Å²) in [6.45, 7) is 1.46. The first-order chi connectivity index (χ1) is 17.8. The second-order valence-electron chi connectivity index (χ2n) is 8.56. The first-order valence-electron chi connectivity index (χ1n) is 11.3. The molecule has 0 spiro atoms. The molecule has 0 bridgehead atoms. The van der Waals surface area contributed by atoms with Crippen LogP contribution in [0.5, 0.6) is 0 Å². The van der Waals surface area contributed by atoms with E-state index >= 15 is 0 Å². The lowest BCUT2D eigenvalue weighted by atomic mass is 10.1. The number of sulfone groups is 1. The van der Waals surface area contributed by atoms with Crippen molar-refractivity contribution in [3.8, 4) is 27.1 Å². The zero-order valence-electron chi connectivity index (χ0n) is 20.1. The third kappa shape index (κ3) is 5.42. The predicted molar refractivity (Wildman–Crippen MR) is 137 cm³/mol. The number of hydrogen-bond acceptors (Lipinski definition) is 5. The Morgan fingerprint density at radius 2 is 1.66 bits per heavy atom. The van der Waals surface area contributed by atoms with E-state index in [1.54, 1.807) is 24.3 Å². The molecular weight excluding hydrogens is 540 g/mol. The lowest BCUT2D eigenvalue weighted by Crippen LogP contribution is -2.28. The topological polar surface area (TPSA) is 79.9 Å². The molecule has 0 radical (unpaired) electrons. The van der Waals surface area contributed by atoms with E-state index in [0.717, 1.165) is 28.2 Å². The summed E-state index contributed by atoms with van der Waals surface area (Å²) in [6.07, 6.45) is -3.32. The van der Waals surface area contributed by atoms with E-state index in [1.165, 1.54) is 36.4 Å². The van der Waals surface area contributed by atoms with Crippen LogP contribution in [0.25, 0.3) is 21.0 Å². The Kier molecular flexibility index (Phi) is 7.32. The van der Waals surface area contributed by atoms with Gasteiger partial charge in [-0.15, -0.1) is 11.3 Å². The van der Waals surface area contributed by atoms with Gasteiger partial charge in [0.2, 0.25) is 0 Å². The molecule has 0 aliphatic heterocycles. The molecule has 0 aliphatic rings. The van der Waals surface area contributed by atoms with Crippen LogP contribution in [-0.2, 0) is 29.0 Å². The van der Waals surface area contributed by atoms with Crippen LogP contribution in [0.2, 0.25) is 0 Å². The van der Waals surface area contributed by atoms with Crippen molar-refractivity contribution in [3.05, 3.63) is 99.1 Å². The van der Waals surface area contributed by atoms with E-state index in [2.05, 4.69) is 0 Å². The molecule has 0 fully saturated rings. The van der Waals surface area contributed by atoms with Crippen LogP contribution in [0.3, 0.4) is 0 Å². The molecule has 38 heavy (non-hydrogen) atoms. The lowest BCUT2D eigenvalue weighted by Gasteiger charge is -2.17. The van der Waals surface area contributed by atoms with Crippen LogP contribution >= 0.6 is 11.3 Å². The second kappa shape index (κ2) is 10.2. The van der Waals surface area contributed by atoms with Crippen molar-refractivity contribution in [1.29, 1.82) is 5.26 Å². The Balaban J connectivity index is 1.88. The number of thiophene rings is 1. The molecule has 2 heterocycles. The van der Waals surface area contributed by atoms with Crippen LogP contribution in [0.1, 0.15) is 29.2 Å². The molecule has 0 aliphatic carbocycles. The minimum atomic E-state index is -4.96. The molecule has 0 N–H and O–H groups in total. The van der Waals surface area contributed by atoms with Gasteiger partial charge in [0.05, 0.1) is 27.6 Å². The fourth-order valence-electron chi connectivity index (χ4n) is 3.95. The Hall–Kier alpha value is -3.75. The van der Waals surface area contributed by atoms with Gasteiger partial charge in [-0.3, -0.25) is 4.79 Å². The van der Waals surface area contributed by atoms with Gasteiger partial charge in [-0.2, -0.15) is 18.4 Å². The number of hydrogen-bond donors (Lipinski definition) is 0. The van der Waals surface area contributed by atoms with Gasteiger partial charge in [-0.1, -0.05) is 31.2 Å². The van der Waals surface area contributed by atoms with Crippen LogP contribution in [-0.4, -0.2) is 19.2 Å². The summed E-state index contributed by atoms with van der Waals surface area (Å²) in [4.78, 5) is 14.2. The quantitative estimate of drug-likeness (QED) is 0.260. The summed E-state index contributed by atoms with van der Waals surface area (Å²) in [6, 6.07) is 15.7. The van der Waals surface area contributed by atoms with Gasteiger partial charge >= 0.3 is 6.18 Å². The van der Waals surface area contributed by atoms with Crippen LogP contribution in [0.15, 0.2) is 70.4 Å². The van der Waals surface area contributed by atoms with Crippen LogP contribution in [0, 0.1) is 17.1 Å². The predicted octanol–water partition coefficient (Wildman–Crippen LogP) is 6.29. The monoisotopic (exact) mass is 560 g/mol. The number of pyridine rings is 1. The number of benzene rings is 2. The van der Waals surface area contributed by atoms with Gasteiger partial charge in [-0.25, -0.2) is 12.8 Å². The first-order valence-corrected chi connectivity index (χ1v) is 14.0. The molecule has 11 heteroatoms. The number of nitriles is 1. The van der Waals surface area contributed by atoms with Gasteiger partial charge in [0.25, 0.3) is 5.56 Å². The van der Waals surface area contributed by atoms with Crippen molar-refractivity contribution in [3.63, 3.8) is 0 Å². The zero-order chi connectivity index (χ0) is 27.8. The van der Waals surface area contributed by atoms with E-state index < -0.39 is 38.5 Å². The number of aromatic nitrogens is 1. The zero-order valence-corrected chi connectivity index (χ0v) is 21.8. The summed E-state index contributed by atoms with van der Waals surface area (Å²) >= 11 is 1.08. The highest BCUT2D eigenvalue weighted by Gasteiger charge is 2.36. The third-order valence-corrected chi connectivity index (χ3v) is 8.28. The smallest absolute Gasteiger partial charge is 0.302 e. The maximum absolute atomic E-state index is 14.8. The standard InChI is InChI=1S/C27H20F4N2O3S2/c1-3-16-4-5-18(22(28)12-16)15-33-23(13-21(27(29,30)31)20(14-32)26(33)34)25-11-10-24(37-25)17-6-8-19(9-7-17)38(2,35)36/h4-13H,3,15H2,1-2H3. The average molecular weight is 561 g/mol. The van der Waals surface area contributed by atoms with Crippen molar-refractivity contribution in [1.82, 2.24) is 4.57 Å². The highest BCUT2D eigenvalue weighted by atomic mass is 32.2. The molecule has 0 atom stereocenters. The fraction of sp³-hybridized carbons (Fsp3) is 0.185. The van der Waals surface area contributed by atoms with Crippen molar-refractivity contribution >= 4 is 21.2 Å². The minimum absolute atomic E-state index is 0.0855. The number of alkyl halides is 3. The van der Waals surface area contributed by atoms with Gasteiger partial charge in [0.1, 0.15) is 17.4 Å². The molecule has 5 nitrogen and oxygen atoms in total. The summed E-state index contributed by atoms with van der Waals surface area (Å²) in [7, 11) is -3.41. The Morgan fingerprint density at radius 3 is 2.21 bits per heavy atom. The van der Waals surface area contributed by atoms with E-state index in [9.17, 15) is 36.0 Å². The summed E-state index contributed by atoms with van der Waals surface area (Å²) in [5, 5.41) is 9.39.